The maximum atomic E-state index is 12.0. The molecule has 1 unspecified atom stereocenters. The highest BCUT2D eigenvalue weighted by molar-refractivity contribution is 5.92. The minimum absolute atomic E-state index is 0.0241. The van der Waals surface area contributed by atoms with Crippen LogP contribution in [0, 0.1) is 0 Å². The molecule has 1 atom stereocenters. The highest BCUT2D eigenvalue weighted by atomic mass is 16.3. The molecule has 0 aromatic heterocycles. The lowest BCUT2D eigenvalue weighted by molar-refractivity contribution is -0.118. The van der Waals surface area contributed by atoms with Crippen LogP contribution >= 0.6 is 0 Å². The van der Waals surface area contributed by atoms with E-state index in [9.17, 15) is 4.79 Å². The van der Waals surface area contributed by atoms with Gasteiger partial charge in [0.15, 0.2) is 0 Å². The Morgan fingerprint density at radius 1 is 1.32 bits per heavy atom. The van der Waals surface area contributed by atoms with Crippen LogP contribution in [0.25, 0.3) is 0 Å². The molecule has 1 amide bonds. The minimum atomic E-state index is 0.0241. The predicted molar refractivity (Wildman–Crippen MR) is 76.0 cm³/mol. The van der Waals surface area contributed by atoms with Gasteiger partial charge in [-0.05, 0) is 37.9 Å². The number of aliphatic hydroxyl groups is 1. The van der Waals surface area contributed by atoms with Crippen LogP contribution < -0.4 is 5.32 Å². The van der Waals surface area contributed by atoms with E-state index in [1.165, 1.54) is 6.42 Å². The van der Waals surface area contributed by atoms with Gasteiger partial charge in [0.1, 0.15) is 0 Å². The molecule has 0 aliphatic carbocycles. The number of nitrogens with zero attached hydrogens (tertiary/aromatic N) is 1. The third kappa shape index (κ3) is 4.33. The Labute approximate surface area is 114 Å². The van der Waals surface area contributed by atoms with Crippen LogP contribution in [-0.4, -0.2) is 41.7 Å². The number of para-hydroxylation sites is 1. The number of benzene rings is 1. The number of rotatable bonds is 5. The number of likely N-dealkylation sites (tertiary alicyclic amines) is 1. The van der Waals surface area contributed by atoms with Crippen molar-refractivity contribution in [3.05, 3.63) is 30.3 Å². The Kier molecular flexibility index (Phi) is 5.36. The van der Waals surface area contributed by atoms with E-state index in [0.717, 1.165) is 31.5 Å². The van der Waals surface area contributed by atoms with Gasteiger partial charge in [-0.2, -0.15) is 0 Å². The number of carbonyl (C=O) groups excluding carboxylic acids is 1. The summed E-state index contributed by atoms with van der Waals surface area (Å²) in [5.41, 5.74) is 0.836. The average Bonchev–Trinajstić information content (AvgIpc) is 2.42. The monoisotopic (exact) mass is 262 g/mol. The molecule has 1 aromatic rings. The van der Waals surface area contributed by atoms with Crippen molar-refractivity contribution in [3.8, 4) is 0 Å². The summed E-state index contributed by atoms with van der Waals surface area (Å²) in [6, 6.07) is 9.87. The Hall–Kier alpha value is -1.39. The minimum Gasteiger partial charge on any atom is -0.396 e. The van der Waals surface area contributed by atoms with Crippen LogP contribution in [0.4, 0.5) is 5.69 Å². The molecule has 1 fully saturated rings. The number of hydrogen-bond acceptors (Lipinski definition) is 3. The maximum absolute atomic E-state index is 12.0. The topological polar surface area (TPSA) is 52.6 Å². The SMILES string of the molecule is O=C(CN1CCCCC1CCO)Nc1ccccc1. The van der Waals surface area contributed by atoms with Crippen molar-refractivity contribution in [2.24, 2.45) is 0 Å². The first-order valence-electron chi connectivity index (χ1n) is 6.99. The molecule has 104 valence electrons. The van der Waals surface area contributed by atoms with E-state index in [1.807, 2.05) is 30.3 Å². The number of aliphatic hydroxyl groups excluding tert-OH is 1. The van der Waals surface area contributed by atoms with Crippen molar-refractivity contribution < 1.29 is 9.90 Å². The molecule has 1 heterocycles. The van der Waals surface area contributed by atoms with Crippen molar-refractivity contribution in [1.29, 1.82) is 0 Å². The van der Waals surface area contributed by atoms with E-state index >= 15 is 0 Å². The summed E-state index contributed by atoms with van der Waals surface area (Å²) in [4.78, 5) is 14.2. The first-order valence-corrected chi connectivity index (χ1v) is 6.99. The third-order valence-corrected chi connectivity index (χ3v) is 3.62. The Morgan fingerprint density at radius 3 is 2.84 bits per heavy atom. The van der Waals surface area contributed by atoms with E-state index in [4.69, 9.17) is 5.11 Å². The van der Waals surface area contributed by atoms with E-state index in [2.05, 4.69) is 10.2 Å². The van der Waals surface area contributed by atoms with Crippen LogP contribution in [0.15, 0.2) is 30.3 Å². The third-order valence-electron chi connectivity index (χ3n) is 3.62. The molecule has 1 saturated heterocycles. The van der Waals surface area contributed by atoms with Gasteiger partial charge in [-0.1, -0.05) is 24.6 Å². The average molecular weight is 262 g/mol. The quantitative estimate of drug-likeness (QED) is 0.851. The number of piperidine rings is 1. The Balaban J connectivity index is 1.86. The summed E-state index contributed by atoms with van der Waals surface area (Å²) in [6.45, 7) is 1.56. The molecule has 19 heavy (non-hydrogen) atoms. The fourth-order valence-electron chi connectivity index (χ4n) is 2.65. The van der Waals surface area contributed by atoms with Gasteiger partial charge in [-0.3, -0.25) is 9.69 Å². The van der Waals surface area contributed by atoms with Crippen LogP contribution in [0.3, 0.4) is 0 Å². The lowest BCUT2D eigenvalue weighted by atomic mass is 10.00. The van der Waals surface area contributed by atoms with Gasteiger partial charge >= 0.3 is 0 Å². The van der Waals surface area contributed by atoms with Crippen molar-refractivity contribution in [2.45, 2.75) is 31.7 Å². The molecule has 4 heteroatoms. The zero-order chi connectivity index (χ0) is 13.5. The van der Waals surface area contributed by atoms with Crippen LogP contribution in [0.5, 0.6) is 0 Å². The number of anilines is 1. The lowest BCUT2D eigenvalue weighted by Crippen LogP contribution is -2.44. The first kappa shape index (κ1) is 14.0. The largest absolute Gasteiger partial charge is 0.396 e. The van der Waals surface area contributed by atoms with Crippen molar-refractivity contribution >= 4 is 11.6 Å². The number of nitrogens with one attached hydrogen (secondary N) is 1. The summed E-state index contributed by atoms with van der Waals surface area (Å²) in [5.74, 6) is 0.0241. The van der Waals surface area contributed by atoms with Gasteiger partial charge in [0.05, 0.1) is 6.54 Å². The second kappa shape index (κ2) is 7.26. The van der Waals surface area contributed by atoms with Gasteiger partial charge in [-0.15, -0.1) is 0 Å². The molecular weight excluding hydrogens is 240 g/mol. The molecule has 2 rings (SSSR count). The van der Waals surface area contributed by atoms with Crippen molar-refractivity contribution in [2.75, 3.05) is 25.0 Å². The molecule has 1 aliphatic heterocycles. The van der Waals surface area contributed by atoms with E-state index in [0.29, 0.717) is 12.6 Å². The summed E-state index contributed by atoms with van der Waals surface area (Å²) >= 11 is 0. The van der Waals surface area contributed by atoms with Crippen molar-refractivity contribution in [1.82, 2.24) is 4.90 Å². The summed E-state index contributed by atoms with van der Waals surface area (Å²) in [6.07, 6.45) is 4.18. The summed E-state index contributed by atoms with van der Waals surface area (Å²) in [7, 11) is 0. The molecule has 0 bridgehead atoms. The Bertz CT molecular complexity index is 392. The number of carbonyl (C=O) groups is 1. The smallest absolute Gasteiger partial charge is 0.238 e. The summed E-state index contributed by atoms with van der Waals surface area (Å²) < 4.78 is 0. The van der Waals surface area contributed by atoms with Gasteiger partial charge in [0.2, 0.25) is 5.91 Å². The molecule has 0 spiro atoms. The predicted octanol–water partition coefficient (Wildman–Crippen LogP) is 1.86. The molecular formula is C15H22N2O2. The second-order valence-electron chi connectivity index (χ2n) is 5.05. The summed E-state index contributed by atoms with van der Waals surface area (Å²) in [5, 5.41) is 12.0. The van der Waals surface area contributed by atoms with E-state index < -0.39 is 0 Å². The fraction of sp³-hybridized carbons (Fsp3) is 0.533. The van der Waals surface area contributed by atoms with E-state index in [1.54, 1.807) is 0 Å². The number of amides is 1. The molecule has 1 aromatic carbocycles. The van der Waals surface area contributed by atoms with Crippen LogP contribution in [0.1, 0.15) is 25.7 Å². The van der Waals surface area contributed by atoms with Crippen molar-refractivity contribution in [3.63, 3.8) is 0 Å². The maximum Gasteiger partial charge on any atom is 0.238 e. The van der Waals surface area contributed by atoms with Crippen LogP contribution in [-0.2, 0) is 4.79 Å². The van der Waals surface area contributed by atoms with Gasteiger partial charge < -0.3 is 10.4 Å². The zero-order valence-electron chi connectivity index (χ0n) is 11.2. The van der Waals surface area contributed by atoms with Gasteiger partial charge in [0, 0.05) is 18.3 Å². The normalized spacial score (nSPS) is 20.2. The molecule has 0 saturated carbocycles. The molecule has 0 radical (unpaired) electrons. The first-order chi connectivity index (χ1) is 9.29. The number of hydrogen-bond donors (Lipinski definition) is 2. The molecule has 1 aliphatic rings. The Morgan fingerprint density at radius 2 is 2.11 bits per heavy atom. The van der Waals surface area contributed by atoms with Gasteiger partial charge in [-0.25, -0.2) is 0 Å². The fourth-order valence-corrected chi connectivity index (χ4v) is 2.65. The molecule has 2 N–H and O–H groups in total. The zero-order valence-corrected chi connectivity index (χ0v) is 11.2. The van der Waals surface area contributed by atoms with Gasteiger partial charge in [0.25, 0.3) is 0 Å². The highest BCUT2D eigenvalue weighted by Gasteiger charge is 2.23. The highest BCUT2D eigenvalue weighted by Crippen LogP contribution is 2.19. The second-order valence-corrected chi connectivity index (χ2v) is 5.05. The molecule has 4 nitrogen and oxygen atoms in total. The van der Waals surface area contributed by atoms with Crippen LogP contribution in [0.2, 0.25) is 0 Å². The van der Waals surface area contributed by atoms with E-state index in [-0.39, 0.29) is 12.5 Å². The lowest BCUT2D eigenvalue weighted by Gasteiger charge is -2.34. The standard InChI is InChI=1S/C15H22N2O2/c18-11-9-14-8-4-5-10-17(14)12-15(19)16-13-6-2-1-3-7-13/h1-3,6-7,14,18H,4-5,8-12H2,(H,16,19).